The van der Waals surface area contributed by atoms with Crippen LogP contribution in [0.4, 0.5) is 0 Å². The van der Waals surface area contributed by atoms with Crippen LogP contribution in [-0.2, 0) is 9.59 Å². The summed E-state index contributed by atoms with van der Waals surface area (Å²) in [5, 5.41) is 8.03. The Morgan fingerprint density at radius 3 is 1.60 bits per heavy atom. The minimum atomic E-state index is -0.178. The number of benzene rings is 2. The Labute approximate surface area is 222 Å². The largest absolute Gasteiger partial charge is 0.493 e. The van der Waals surface area contributed by atoms with E-state index in [4.69, 9.17) is 9.47 Å². The molecule has 2 amide bonds. The molecule has 0 aliphatic heterocycles. The fourth-order valence-electron chi connectivity index (χ4n) is 3.02. The van der Waals surface area contributed by atoms with E-state index in [0.717, 1.165) is 26.5 Å². The molecule has 0 saturated heterocycles. The second kappa shape index (κ2) is 16.0. The topological polar surface area (TPSA) is 101 Å². The second-order valence-electron chi connectivity index (χ2n) is 7.38. The van der Waals surface area contributed by atoms with Gasteiger partial charge in [-0.05, 0) is 63.1 Å². The first kappa shape index (κ1) is 28.5. The molecule has 0 aliphatic carbocycles. The molecular formula is C25H30Br2N4O4. The van der Waals surface area contributed by atoms with Gasteiger partial charge in [0.25, 0.3) is 0 Å². The molecule has 0 aromatic heterocycles. The molecule has 2 rings (SSSR count). The van der Waals surface area contributed by atoms with Crippen molar-refractivity contribution in [2.75, 3.05) is 13.2 Å². The first-order valence-electron chi connectivity index (χ1n) is 11.4. The molecule has 2 aromatic rings. The fourth-order valence-corrected chi connectivity index (χ4v) is 3.78. The standard InChI is InChI=1S/C25H30Br2N4O4/c1-3-34-22-12-10-20(26)14-18(22)16-28-30-24(32)8-6-5-7-9-25(33)31-29-17-19-15-21(27)11-13-23(19)35-4-2/h10-17H,3-9H2,1-2H3,(H,30,32)(H,31,33)/b28-16-,29-17-. The maximum absolute atomic E-state index is 12.0. The van der Waals surface area contributed by atoms with Gasteiger partial charge in [0.15, 0.2) is 0 Å². The van der Waals surface area contributed by atoms with Crippen molar-refractivity contribution in [3.63, 3.8) is 0 Å². The third-order valence-corrected chi connectivity index (χ3v) is 5.62. The summed E-state index contributed by atoms with van der Waals surface area (Å²) >= 11 is 6.83. The average Bonchev–Trinajstić information content (AvgIpc) is 2.82. The van der Waals surface area contributed by atoms with E-state index >= 15 is 0 Å². The Morgan fingerprint density at radius 1 is 0.771 bits per heavy atom. The zero-order valence-electron chi connectivity index (χ0n) is 19.9. The first-order valence-corrected chi connectivity index (χ1v) is 13.0. The number of hydrogen-bond donors (Lipinski definition) is 2. The number of unbranched alkanes of at least 4 members (excludes halogenated alkanes) is 2. The van der Waals surface area contributed by atoms with Crippen molar-refractivity contribution in [2.45, 2.75) is 46.0 Å². The van der Waals surface area contributed by atoms with Crippen molar-refractivity contribution >= 4 is 56.1 Å². The van der Waals surface area contributed by atoms with Gasteiger partial charge in [0.1, 0.15) is 11.5 Å². The third-order valence-electron chi connectivity index (χ3n) is 4.64. The van der Waals surface area contributed by atoms with Crippen LogP contribution in [0.3, 0.4) is 0 Å². The van der Waals surface area contributed by atoms with E-state index in [9.17, 15) is 9.59 Å². The van der Waals surface area contributed by atoms with Crippen LogP contribution in [0.1, 0.15) is 57.1 Å². The minimum absolute atomic E-state index is 0.178. The summed E-state index contributed by atoms with van der Waals surface area (Å²) in [7, 11) is 0. The van der Waals surface area contributed by atoms with Gasteiger partial charge in [0, 0.05) is 32.9 Å². The lowest BCUT2D eigenvalue weighted by Gasteiger charge is -2.07. The highest BCUT2D eigenvalue weighted by Crippen LogP contribution is 2.22. The smallest absolute Gasteiger partial charge is 0.240 e. The van der Waals surface area contributed by atoms with Crippen molar-refractivity contribution in [1.82, 2.24) is 10.9 Å². The number of amides is 2. The Hall–Kier alpha value is -2.72. The molecule has 188 valence electrons. The van der Waals surface area contributed by atoms with Gasteiger partial charge in [-0.2, -0.15) is 10.2 Å². The van der Waals surface area contributed by atoms with Gasteiger partial charge in [-0.15, -0.1) is 0 Å². The molecule has 0 fully saturated rings. The summed E-state index contributed by atoms with van der Waals surface area (Å²) < 4.78 is 12.9. The number of ether oxygens (including phenoxy) is 2. The molecule has 2 N–H and O–H groups in total. The lowest BCUT2D eigenvalue weighted by Crippen LogP contribution is -2.18. The van der Waals surface area contributed by atoms with Gasteiger partial charge < -0.3 is 9.47 Å². The Kier molecular flexibility index (Phi) is 13.1. The molecule has 8 nitrogen and oxygen atoms in total. The highest BCUT2D eigenvalue weighted by molar-refractivity contribution is 9.10. The number of halogens is 2. The van der Waals surface area contributed by atoms with E-state index in [1.165, 1.54) is 0 Å². The minimum Gasteiger partial charge on any atom is -0.493 e. The molecule has 2 aromatic carbocycles. The lowest BCUT2D eigenvalue weighted by atomic mass is 10.1. The van der Waals surface area contributed by atoms with E-state index in [-0.39, 0.29) is 11.8 Å². The third kappa shape index (κ3) is 11.0. The summed E-state index contributed by atoms with van der Waals surface area (Å²) in [6.45, 7) is 4.89. The normalized spacial score (nSPS) is 11.1. The number of carbonyl (C=O) groups is 2. The monoisotopic (exact) mass is 608 g/mol. The molecular weight excluding hydrogens is 580 g/mol. The number of hydrazone groups is 2. The van der Waals surface area contributed by atoms with Crippen molar-refractivity contribution in [2.24, 2.45) is 10.2 Å². The van der Waals surface area contributed by atoms with E-state index in [0.29, 0.717) is 50.4 Å². The van der Waals surface area contributed by atoms with Gasteiger partial charge in [0.05, 0.1) is 25.6 Å². The number of nitrogens with zero attached hydrogens (tertiary/aromatic N) is 2. The molecule has 0 heterocycles. The van der Waals surface area contributed by atoms with E-state index in [1.807, 2.05) is 50.2 Å². The Bertz CT molecular complexity index is 963. The molecule has 35 heavy (non-hydrogen) atoms. The van der Waals surface area contributed by atoms with E-state index in [1.54, 1.807) is 12.4 Å². The van der Waals surface area contributed by atoms with Crippen LogP contribution in [0.5, 0.6) is 11.5 Å². The van der Waals surface area contributed by atoms with Crippen LogP contribution in [0.15, 0.2) is 55.5 Å². The van der Waals surface area contributed by atoms with Crippen molar-refractivity contribution in [1.29, 1.82) is 0 Å². The SMILES string of the molecule is CCOc1ccc(Br)cc1/C=N\NC(=O)CCCCCC(=O)N/N=C\c1cc(Br)ccc1OCC. The molecule has 10 heteroatoms. The van der Waals surface area contributed by atoms with Crippen LogP contribution >= 0.6 is 31.9 Å². The van der Waals surface area contributed by atoms with Crippen LogP contribution in [-0.4, -0.2) is 37.5 Å². The van der Waals surface area contributed by atoms with Crippen LogP contribution < -0.4 is 20.3 Å². The van der Waals surface area contributed by atoms with E-state index < -0.39 is 0 Å². The zero-order chi connectivity index (χ0) is 25.5. The lowest BCUT2D eigenvalue weighted by molar-refractivity contribution is -0.121. The number of carbonyl (C=O) groups excluding carboxylic acids is 2. The van der Waals surface area contributed by atoms with Gasteiger partial charge in [0.2, 0.25) is 11.8 Å². The molecule has 0 radical (unpaired) electrons. The molecule has 0 unspecified atom stereocenters. The van der Waals surface area contributed by atoms with Crippen LogP contribution in [0.25, 0.3) is 0 Å². The maximum atomic E-state index is 12.0. The maximum Gasteiger partial charge on any atom is 0.240 e. The highest BCUT2D eigenvalue weighted by Gasteiger charge is 2.05. The Balaban J connectivity index is 1.65. The van der Waals surface area contributed by atoms with Gasteiger partial charge in [-0.3, -0.25) is 9.59 Å². The van der Waals surface area contributed by atoms with E-state index in [2.05, 4.69) is 52.9 Å². The molecule has 0 aliphatic rings. The fraction of sp³-hybridized carbons (Fsp3) is 0.360. The van der Waals surface area contributed by atoms with Crippen molar-refractivity contribution in [3.8, 4) is 11.5 Å². The predicted octanol–water partition coefficient (Wildman–Crippen LogP) is 5.56. The number of nitrogens with one attached hydrogen (secondary N) is 2. The van der Waals surface area contributed by atoms with Crippen molar-refractivity contribution in [3.05, 3.63) is 56.5 Å². The van der Waals surface area contributed by atoms with Crippen LogP contribution in [0.2, 0.25) is 0 Å². The zero-order valence-corrected chi connectivity index (χ0v) is 23.0. The quantitative estimate of drug-likeness (QED) is 0.166. The van der Waals surface area contributed by atoms with Gasteiger partial charge >= 0.3 is 0 Å². The predicted molar refractivity (Wildman–Crippen MR) is 145 cm³/mol. The average molecular weight is 610 g/mol. The summed E-state index contributed by atoms with van der Waals surface area (Å²) in [6.07, 6.45) is 5.85. The van der Waals surface area contributed by atoms with Crippen LogP contribution in [0, 0.1) is 0 Å². The first-order chi connectivity index (χ1) is 16.9. The van der Waals surface area contributed by atoms with Gasteiger partial charge in [-0.25, -0.2) is 10.9 Å². The highest BCUT2D eigenvalue weighted by atomic mass is 79.9. The van der Waals surface area contributed by atoms with Gasteiger partial charge in [-0.1, -0.05) is 38.3 Å². The second-order valence-corrected chi connectivity index (χ2v) is 9.21. The Morgan fingerprint density at radius 2 is 1.20 bits per heavy atom. The number of hydrogen-bond acceptors (Lipinski definition) is 6. The molecule has 0 saturated carbocycles. The molecule has 0 spiro atoms. The van der Waals surface area contributed by atoms with Crippen molar-refractivity contribution < 1.29 is 19.1 Å². The number of rotatable bonds is 14. The molecule has 0 atom stereocenters. The summed E-state index contributed by atoms with van der Waals surface area (Å²) in [5.41, 5.74) is 6.59. The summed E-state index contributed by atoms with van der Waals surface area (Å²) in [5.74, 6) is 1.04. The summed E-state index contributed by atoms with van der Waals surface area (Å²) in [4.78, 5) is 24.0. The summed E-state index contributed by atoms with van der Waals surface area (Å²) in [6, 6.07) is 11.2. The molecule has 0 bridgehead atoms.